The molecule has 1 radical (unpaired) electrons. The van der Waals surface area contributed by atoms with Crippen LogP contribution >= 0.6 is 0 Å². The highest BCUT2D eigenvalue weighted by Crippen LogP contribution is 2.36. The van der Waals surface area contributed by atoms with Crippen molar-refractivity contribution in [2.24, 2.45) is 0 Å². The first-order valence-corrected chi connectivity index (χ1v) is 5.34. The highest BCUT2D eigenvalue weighted by molar-refractivity contribution is 5.71. The van der Waals surface area contributed by atoms with Crippen LogP contribution in [-0.2, 0) is 0 Å². The normalized spacial score (nSPS) is 11.4. The second kappa shape index (κ2) is 5.26. The zero-order valence-corrected chi connectivity index (χ0v) is 9.74. The Hall–Kier alpha value is -2.11. The molecule has 0 aliphatic rings. The van der Waals surface area contributed by atoms with Gasteiger partial charge in [-0.05, 0) is 31.2 Å². The Kier molecular flexibility index (Phi) is 3.69. The van der Waals surface area contributed by atoms with Crippen molar-refractivity contribution in [2.75, 3.05) is 6.61 Å². The molecule has 0 aliphatic carbocycles. The quantitative estimate of drug-likeness (QED) is 0.840. The van der Waals surface area contributed by atoms with Crippen LogP contribution in [0.25, 0.3) is 11.1 Å². The van der Waals surface area contributed by atoms with Gasteiger partial charge in [0.05, 0.1) is 19.1 Å². The molecule has 1 aromatic heterocycles. The lowest BCUT2D eigenvalue weighted by molar-refractivity contribution is -0.274. The van der Waals surface area contributed by atoms with Gasteiger partial charge in [-0.1, -0.05) is 0 Å². The lowest BCUT2D eigenvalue weighted by atomic mass is 10.1. The molecule has 2 aromatic rings. The molecule has 0 unspecified atom stereocenters. The molecule has 0 fully saturated rings. The summed E-state index contributed by atoms with van der Waals surface area (Å²) in [6.07, 6.45) is -2.07. The average Bonchev–Trinajstić information content (AvgIpc) is 2.83. The Morgan fingerprint density at radius 1 is 1.21 bits per heavy atom. The first-order chi connectivity index (χ1) is 8.99. The summed E-state index contributed by atoms with van der Waals surface area (Å²) in [4.78, 5) is 0. The Labute approximate surface area is 107 Å². The van der Waals surface area contributed by atoms with Gasteiger partial charge in [-0.2, -0.15) is 0 Å². The van der Waals surface area contributed by atoms with Crippen molar-refractivity contribution >= 4 is 0 Å². The van der Waals surface area contributed by atoms with E-state index in [4.69, 9.17) is 9.15 Å². The van der Waals surface area contributed by atoms with E-state index in [0.717, 1.165) is 0 Å². The van der Waals surface area contributed by atoms with Gasteiger partial charge in [0.1, 0.15) is 11.5 Å². The van der Waals surface area contributed by atoms with Gasteiger partial charge < -0.3 is 13.9 Å². The Morgan fingerprint density at radius 3 is 2.58 bits per heavy atom. The summed E-state index contributed by atoms with van der Waals surface area (Å²) >= 11 is 0. The number of ether oxygens (including phenoxy) is 2. The van der Waals surface area contributed by atoms with E-state index in [1.807, 2.05) is 0 Å². The monoisotopic (exact) mass is 271 g/mol. The summed E-state index contributed by atoms with van der Waals surface area (Å²) in [7, 11) is 0. The minimum Gasteiger partial charge on any atom is -0.494 e. The molecular formula is C13H10F3O3. The molecule has 19 heavy (non-hydrogen) atoms. The standard InChI is InChI=1S/C13H10F3O3/c1-2-18-10-3-4-12(19-13(14,15)16)11(7-10)9-5-6-17-8-9/h3-8H,1-2H2. The molecule has 3 nitrogen and oxygen atoms in total. The lowest BCUT2D eigenvalue weighted by Crippen LogP contribution is -2.17. The fourth-order valence-corrected chi connectivity index (χ4v) is 1.57. The Balaban J connectivity index is 2.42. The van der Waals surface area contributed by atoms with Crippen LogP contribution in [0.15, 0.2) is 41.2 Å². The highest BCUT2D eigenvalue weighted by atomic mass is 19.4. The number of alkyl halides is 3. The van der Waals surface area contributed by atoms with Crippen LogP contribution in [0, 0.1) is 6.92 Å². The van der Waals surface area contributed by atoms with E-state index in [9.17, 15) is 13.2 Å². The maximum Gasteiger partial charge on any atom is 0.573 e. The molecule has 0 amide bonds. The van der Waals surface area contributed by atoms with Crippen LogP contribution in [-0.4, -0.2) is 13.0 Å². The molecule has 0 aliphatic heterocycles. The van der Waals surface area contributed by atoms with Crippen LogP contribution in [0.4, 0.5) is 13.2 Å². The Bertz CT molecular complexity index is 533. The third-order valence-corrected chi connectivity index (χ3v) is 2.28. The maximum absolute atomic E-state index is 12.3. The van der Waals surface area contributed by atoms with Crippen molar-refractivity contribution in [1.82, 2.24) is 0 Å². The summed E-state index contributed by atoms with van der Waals surface area (Å²) < 4.78 is 51.0. The van der Waals surface area contributed by atoms with E-state index >= 15 is 0 Å². The molecule has 101 valence electrons. The summed E-state index contributed by atoms with van der Waals surface area (Å²) in [5.41, 5.74) is 0.700. The van der Waals surface area contributed by atoms with Gasteiger partial charge in [0.25, 0.3) is 0 Å². The van der Waals surface area contributed by atoms with E-state index < -0.39 is 6.36 Å². The number of benzene rings is 1. The van der Waals surface area contributed by atoms with E-state index in [0.29, 0.717) is 11.3 Å². The topological polar surface area (TPSA) is 31.6 Å². The predicted octanol–water partition coefficient (Wildman–Crippen LogP) is 4.06. The molecule has 0 atom stereocenters. The van der Waals surface area contributed by atoms with Crippen molar-refractivity contribution in [3.8, 4) is 22.6 Å². The van der Waals surface area contributed by atoms with Crippen LogP contribution in [0.5, 0.6) is 11.5 Å². The van der Waals surface area contributed by atoms with Gasteiger partial charge >= 0.3 is 6.36 Å². The summed E-state index contributed by atoms with van der Waals surface area (Å²) in [5.74, 6) is 0.0889. The van der Waals surface area contributed by atoms with Gasteiger partial charge in [0.2, 0.25) is 0 Å². The van der Waals surface area contributed by atoms with Crippen LogP contribution < -0.4 is 9.47 Å². The molecule has 6 heteroatoms. The SMILES string of the molecule is [CH2]COc1ccc(OC(F)(F)F)c(-c2ccoc2)c1. The molecule has 1 heterocycles. The van der Waals surface area contributed by atoms with E-state index in [1.54, 1.807) is 0 Å². The summed E-state index contributed by atoms with van der Waals surface area (Å²) in [6, 6.07) is 5.56. The van der Waals surface area contributed by atoms with Gasteiger partial charge in [-0.3, -0.25) is 0 Å². The fourth-order valence-electron chi connectivity index (χ4n) is 1.57. The first kappa shape index (κ1) is 13.3. The van der Waals surface area contributed by atoms with Crippen molar-refractivity contribution in [1.29, 1.82) is 0 Å². The largest absolute Gasteiger partial charge is 0.573 e. The molecule has 0 bridgehead atoms. The highest BCUT2D eigenvalue weighted by Gasteiger charge is 2.32. The lowest BCUT2D eigenvalue weighted by Gasteiger charge is -2.13. The van der Waals surface area contributed by atoms with Crippen LogP contribution in [0.1, 0.15) is 0 Å². The van der Waals surface area contributed by atoms with Crippen molar-refractivity contribution in [3.63, 3.8) is 0 Å². The molecule has 0 saturated carbocycles. The number of hydrogen-bond acceptors (Lipinski definition) is 3. The van der Waals surface area contributed by atoms with E-state index in [1.165, 1.54) is 36.8 Å². The molecular weight excluding hydrogens is 261 g/mol. The van der Waals surface area contributed by atoms with Crippen molar-refractivity contribution < 1.29 is 27.1 Å². The molecule has 0 N–H and O–H groups in total. The molecule has 0 saturated heterocycles. The van der Waals surface area contributed by atoms with Gasteiger partial charge in [-0.25, -0.2) is 0 Å². The van der Waals surface area contributed by atoms with Crippen molar-refractivity contribution in [2.45, 2.75) is 6.36 Å². The minimum absolute atomic E-state index is 0.171. The zero-order valence-electron chi connectivity index (χ0n) is 9.74. The Morgan fingerprint density at radius 2 is 2.00 bits per heavy atom. The molecule has 0 spiro atoms. The zero-order chi connectivity index (χ0) is 13.9. The maximum atomic E-state index is 12.3. The van der Waals surface area contributed by atoms with Crippen LogP contribution in [0.3, 0.4) is 0 Å². The second-order valence-electron chi connectivity index (χ2n) is 3.57. The third kappa shape index (κ3) is 3.43. The van der Waals surface area contributed by atoms with Crippen molar-refractivity contribution in [3.05, 3.63) is 43.7 Å². The third-order valence-electron chi connectivity index (χ3n) is 2.28. The fraction of sp³-hybridized carbons (Fsp3) is 0.154. The van der Waals surface area contributed by atoms with E-state index in [2.05, 4.69) is 11.7 Å². The number of rotatable bonds is 4. The first-order valence-electron chi connectivity index (χ1n) is 5.34. The number of hydrogen-bond donors (Lipinski definition) is 0. The van der Waals surface area contributed by atoms with Gasteiger partial charge in [-0.15, -0.1) is 13.2 Å². The summed E-state index contributed by atoms with van der Waals surface area (Å²) in [5, 5.41) is 0. The second-order valence-corrected chi connectivity index (χ2v) is 3.57. The van der Waals surface area contributed by atoms with E-state index in [-0.39, 0.29) is 17.9 Å². The van der Waals surface area contributed by atoms with Crippen LogP contribution in [0.2, 0.25) is 0 Å². The van der Waals surface area contributed by atoms with Gasteiger partial charge in [0, 0.05) is 11.1 Å². The predicted molar refractivity (Wildman–Crippen MR) is 61.7 cm³/mol. The minimum atomic E-state index is -4.76. The summed E-state index contributed by atoms with van der Waals surface area (Å²) in [6.45, 7) is 3.67. The van der Waals surface area contributed by atoms with Gasteiger partial charge in [0.15, 0.2) is 0 Å². The number of furan rings is 1. The number of halogens is 3. The molecule has 2 rings (SSSR count). The smallest absolute Gasteiger partial charge is 0.494 e. The average molecular weight is 271 g/mol. The molecule has 1 aromatic carbocycles.